The van der Waals surface area contributed by atoms with Gasteiger partial charge in [-0.25, -0.2) is 0 Å². The van der Waals surface area contributed by atoms with Gasteiger partial charge in [0.2, 0.25) is 5.91 Å². The van der Waals surface area contributed by atoms with E-state index in [1.165, 1.54) is 11.3 Å². The summed E-state index contributed by atoms with van der Waals surface area (Å²) in [5, 5.41) is 0. The van der Waals surface area contributed by atoms with Gasteiger partial charge in [0.1, 0.15) is 5.75 Å². The first-order valence-electron chi connectivity index (χ1n) is 7.49. The summed E-state index contributed by atoms with van der Waals surface area (Å²) in [6.07, 6.45) is 0.578. The van der Waals surface area contributed by atoms with Crippen LogP contribution in [0.3, 0.4) is 0 Å². The third-order valence-corrected chi connectivity index (χ3v) is 4.30. The third kappa shape index (κ3) is 4.19. The summed E-state index contributed by atoms with van der Waals surface area (Å²) < 4.78 is 13.0. The van der Waals surface area contributed by atoms with Crippen LogP contribution >= 0.6 is 11.3 Å². The van der Waals surface area contributed by atoms with E-state index in [4.69, 9.17) is 9.47 Å². The highest BCUT2D eigenvalue weighted by Gasteiger charge is 2.11. The molecule has 0 spiro atoms. The molecule has 0 saturated heterocycles. The molecular formula is C16H20N2O4S. The van der Waals surface area contributed by atoms with Crippen LogP contribution < -0.4 is 9.54 Å². The van der Waals surface area contributed by atoms with Gasteiger partial charge in [0.15, 0.2) is 4.80 Å². The number of methoxy groups -OCH3 is 1. The number of hydrogen-bond acceptors (Lipinski definition) is 5. The minimum absolute atomic E-state index is 0.187. The molecule has 0 fully saturated rings. The maximum absolute atomic E-state index is 11.7. The Labute approximate surface area is 138 Å². The second-order valence-corrected chi connectivity index (χ2v) is 5.79. The third-order valence-electron chi connectivity index (χ3n) is 3.26. The van der Waals surface area contributed by atoms with E-state index in [1.54, 1.807) is 21.0 Å². The molecule has 0 atom stereocenters. The predicted molar refractivity (Wildman–Crippen MR) is 88.5 cm³/mol. The summed E-state index contributed by atoms with van der Waals surface area (Å²) in [6, 6.07) is 5.66. The van der Waals surface area contributed by atoms with Gasteiger partial charge in [-0.05, 0) is 25.1 Å². The van der Waals surface area contributed by atoms with Gasteiger partial charge in [0, 0.05) is 13.0 Å². The van der Waals surface area contributed by atoms with Crippen molar-refractivity contribution in [3.63, 3.8) is 0 Å². The van der Waals surface area contributed by atoms with Crippen molar-refractivity contribution in [2.24, 2.45) is 4.99 Å². The van der Waals surface area contributed by atoms with E-state index in [0.717, 1.165) is 16.0 Å². The SMILES string of the molecule is CCOC(=O)CCn1c(=NC(=O)CC)sc2cc(OC)ccc21. The second-order valence-electron chi connectivity index (χ2n) is 4.78. The van der Waals surface area contributed by atoms with E-state index in [2.05, 4.69) is 4.99 Å². The molecule has 0 saturated carbocycles. The van der Waals surface area contributed by atoms with E-state index in [9.17, 15) is 9.59 Å². The molecular weight excluding hydrogens is 316 g/mol. The van der Waals surface area contributed by atoms with Crippen molar-refractivity contribution < 1.29 is 19.1 Å². The number of fused-ring (bicyclic) bond motifs is 1. The molecule has 7 heteroatoms. The fourth-order valence-corrected chi connectivity index (χ4v) is 3.21. The molecule has 124 valence electrons. The van der Waals surface area contributed by atoms with Crippen molar-refractivity contribution in [3.8, 4) is 5.75 Å². The monoisotopic (exact) mass is 336 g/mol. The molecule has 0 N–H and O–H groups in total. The summed E-state index contributed by atoms with van der Waals surface area (Å²) in [6.45, 7) is 4.32. The molecule has 0 aliphatic carbocycles. The van der Waals surface area contributed by atoms with E-state index in [-0.39, 0.29) is 18.3 Å². The van der Waals surface area contributed by atoms with Crippen LogP contribution in [0.1, 0.15) is 26.7 Å². The molecule has 2 rings (SSSR count). The molecule has 0 aliphatic heterocycles. The number of ether oxygens (including phenoxy) is 2. The van der Waals surface area contributed by atoms with Gasteiger partial charge >= 0.3 is 5.97 Å². The van der Waals surface area contributed by atoms with Gasteiger partial charge < -0.3 is 14.0 Å². The van der Waals surface area contributed by atoms with Gasteiger partial charge in [-0.15, -0.1) is 0 Å². The van der Waals surface area contributed by atoms with Crippen LogP contribution in [0.25, 0.3) is 10.2 Å². The zero-order chi connectivity index (χ0) is 16.8. The number of aromatic nitrogens is 1. The number of thiazole rings is 1. The number of hydrogen-bond donors (Lipinski definition) is 0. The first-order valence-corrected chi connectivity index (χ1v) is 8.31. The first-order chi connectivity index (χ1) is 11.1. The summed E-state index contributed by atoms with van der Waals surface area (Å²) >= 11 is 1.41. The molecule has 2 aromatic rings. The van der Waals surface area contributed by atoms with Gasteiger partial charge in [0.25, 0.3) is 0 Å². The molecule has 1 aromatic carbocycles. The van der Waals surface area contributed by atoms with Crippen LogP contribution in [0.4, 0.5) is 0 Å². The Kier molecular flexibility index (Phi) is 5.92. The number of benzene rings is 1. The van der Waals surface area contributed by atoms with Crippen LogP contribution in [0.2, 0.25) is 0 Å². The average molecular weight is 336 g/mol. The Morgan fingerprint density at radius 1 is 1.30 bits per heavy atom. The van der Waals surface area contributed by atoms with Gasteiger partial charge in [-0.3, -0.25) is 9.59 Å². The number of nitrogens with zero attached hydrogens (tertiary/aromatic N) is 2. The quantitative estimate of drug-likeness (QED) is 0.760. The van der Waals surface area contributed by atoms with E-state index < -0.39 is 0 Å². The lowest BCUT2D eigenvalue weighted by molar-refractivity contribution is -0.143. The van der Waals surface area contributed by atoms with Gasteiger partial charge in [0.05, 0.1) is 30.4 Å². The number of aryl methyl sites for hydroxylation is 1. The molecule has 0 unspecified atom stereocenters. The molecule has 1 amide bonds. The molecule has 0 bridgehead atoms. The summed E-state index contributed by atoms with van der Waals surface area (Å²) in [5.74, 6) is 0.290. The minimum atomic E-state index is -0.263. The number of rotatable bonds is 6. The van der Waals surface area contributed by atoms with E-state index >= 15 is 0 Å². The highest BCUT2D eigenvalue weighted by Crippen LogP contribution is 2.23. The Morgan fingerprint density at radius 3 is 2.74 bits per heavy atom. The van der Waals surface area contributed by atoms with Crippen molar-refractivity contribution in [2.75, 3.05) is 13.7 Å². The van der Waals surface area contributed by atoms with E-state index in [1.807, 2.05) is 22.8 Å². The standard InChI is InChI=1S/C16H20N2O4S/c1-4-14(19)17-16-18(9-8-15(20)22-5-2)12-7-6-11(21-3)10-13(12)23-16/h6-7,10H,4-5,8-9H2,1-3H3. The summed E-state index contributed by atoms with van der Waals surface area (Å²) in [4.78, 5) is 28.0. The number of carbonyl (C=O) groups excluding carboxylic acids is 2. The van der Waals surface area contributed by atoms with Crippen molar-refractivity contribution >= 4 is 33.4 Å². The van der Waals surface area contributed by atoms with Crippen molar-refractivity contribution in [2.45, 2.75) is 33.2 Å². The van der Waals surface area contributed by atoms with Crippen molar-refractivity contribution in [3.05, 3.63) is 23.0 Å². The largest absolute Gasteiger partial charge is 0.497 e. The zero-order valence-corrected chi connectivity index (χ0v) is 14.3. The maximum Gasteiger partial charge on any atom is 0.307 e. The Bertz CT molecular complexity index is 776. The topological polar surface area (TPSA) is 69.9 Å². The molecule has 0 aliphatic rings. The highest BCUT2D eigenvalue weighted by atomic mass is 32.1. The van der Waals surface area contributed by atoms with Crippen LogP contribution in [-0.4, -0.2) is 30.2 Å². The number of carbonyl (C=O) groups is 2. The molecule has 1 aromatic heterocycles. The molecule has 1 heterocycles. The number of esters is 1. The lowest BCUT2D eigenvalue weighted by atomic mass is 10.3. The lowest BCUT2D eigenvalue weighted by Crippen LogP contribution is -2.19. The molecule has 0 radical (unpaired) electrons. The average Bonchev–Trinajstić information content (AvgIpc) is 2.89. The van der Waals surface area contributed by atoms with Crippen LogP contribution in [0.5, 0.6) is 5.75 Å². The first kappa shape index (κ1) is 17.2. The normalized spacial score (nSPS) is 11.7. The summed E-state index contributed by atoms with van der Waals surface area (Å²) in [5.41, 5.74) is 0.919. The Balaban J connectivity index is 2.45. The van der Waals surface area contributed by atoms with Crippen LogP contribution in [0.15, 0.2) is 23.2 Å². The predicted octanol–water partition coefficient (Wildman–Crippen LogP) is 2.50. The highest BCUT2D eigenvalue weighted by molar-refractivity contribution is 7.16. The zero-order valence-electron chi connectivity index (χ0n) is 13.5. The maximum atomic E-state index is 11.7. The Morgan fingerprint density at radius 2 is 2.09 bits per heavy atom. The lowest BCUT2D eigenvalue weighted by Gasteiger charge is -2.06. The van der Waals surface area contributed by atoms with Crippen molar-refractivity contribution in [1.29, 1.82) is 0 Å². The fraction of sp³-hybridized carbons (Fsp3) is 0.438. The molecule has 23 heavy (non-hydrogen) atoms. The minimum Gasteiger partial charge on any atom is -0.497 e. The van der Waals surface area contributed by atoms with Gasteiger partial charge in [-0.2, -0.15) is 4.99 Å². The molecule has 6 nitrogen and oxygen atoms in total. The second kappa shape index (κ2) is 7.92. The van der Waals surface area contributed by atoms with E-state index in [0.29, 0.717) is 24.4 Å². The number of amides is 1. The van der Waals surface area contributed by atoms with Crippen molar-refractivity contribution in [1.82, 2.24) is 4.57 Å². The Hall–Kier alpha value is -2.15. The fourth-order valence-electron chi connectivity index (χ4n) is 2.10. The summed E-state index contributed by atoms with van der Waals surface area (Å²) in [7, 11) is 1.61. The smallest absolute Gasteiger partial charge is 0.307 e. The van der Waals surface area contributed by atoms with Crippen LogP contribution in [-0.2, 0) is 20.9 Å². The van der Waals surface area contributed by atoms with Crippen LogP contribution in [0, 0.1) is 0 Å². The van der Waals surface area contributed by atoms with Gasteiger partial charge in [-0.1, -0.05) is 18.3 Å².